The maximum absolute atomic E-state index is 12.5. The zero-order valence-electron chi connectivity index (χ0n) is 13.1. The first-order chi connectivity index (χ1) is 9.94. The van der Waals surface area contributed by atoms with Crippen LogP contribution in [0.25, 0.3) is 0 Å². The number of carbonyl (C=O) groups excluding carboxylic acids is 1. The first-order valence-corrected chi connectivity index (χ1v) is 7.95. The van der Waals surface area contributed by atoms with Crippen molar-refractivity contribution in [3.8, 4) is 0 Å². The molecule has 0 radical (unpaired) electrons. The molecule has 1 unspecified atom stereocenters. The van der Waals surface area contributed by atoms with Crippen LogP contribution in [0.2, 0.25) is 0 Å². The van der Waals surface area contributed by atoms with Gasteiger partial charge in [-0.1, -0.05) is 25.7 Å². The summed E-state index contributed by atoms with van der Waals surface area (Å²) in [6, 6.07) is -0.111. The van der Waals surface area contributed by atoms with Gasteiger partial charge in [0.25, 0.3) is 0 Å². The first-order valence-electron chi connectivity index (χ1n) is 7.95. The molecule has 2 rings (SSSR count). The highest BCUT2D eigenvalue weighted by molar-refractivity contribution is 5.86. The Morgan fingerprint density at radius 3 is 2.29 bits per heavy atom. The Morgan fingerprint density at radius 2 is 1.76 bits per heavy atom. The van der Waals surface area contributed by atoms with Crippen LogP contribution in [0, 0.1) is 0 Å². The zero-order chi connectivity index (χ0) is 15.5. The van der Waals surface area contributed by atoms with Crippen LogP contribution >= 0.6 is 0 Å². The number of carboxylic acids is 1. The Labute approximate surface area is 126 Å². The Hall–Kier alpha value is -1.30. The molecule has 0 aromatic carbocycles. The SMILES string of the molecule is CC1CN(C)CCN1C(=O)NC1(C(=O)O)CCCCCC1. The van der Waals surface area contributed by atoms with Gasteiger partial charge in [0.1, 0.15) is 5.54 Å². The quantitative estimate of drug-likeness (QED) is 0.758. The fourth-order valence-corrected chi connectivity index (χ4v) is 3.44. The van der Waals surface area contributed by atoms with E-state index in [1.165, 1.54) is 0 Å². The molecule has 1 aliphatic carbocycles. The number of hydrogen-bond acceptors (Lipinski definition) is 3. The molecule has 2 fully saturated rings. The second-order valence-corrected chi connectivity index (χ2v) is 6.54. The molecule has 0 aromatic rings. The molecule has 2 aliphatic rings. The average molecular weight is 297 g/mol. The van der Waals surface area contributed by atoms with Crippen LogP contribution in [0.4, 0.5) is 4.79 Å². The van der Waals surface area contributed by atoms with Crippen LogP contribution < -0.4 is 5.32 Å². The third kappa shape index (κ3) is 3.67. The van der Waals surface area contributed by atoms with Crippen molar-refractivity contribution < 1.29 is 14.7 Å². The van der Waals surface area contributed by atoms with Crippen LogP contribution in [0.3, 0.4) is 0 Å². The highest BCUT2D eigenvalue weighted by Crippen LogP contribution is 2.28. The number of nitrogens with one attached hydrogen (secondary N) is 1. The van der Waals surface area contributed by atoms with E-state index in [2.05, 4.69) is 10.2 Å². The van der Waals surface area contributed by atoms with E-state index >= 15 is 0 Å². The number of likely N-dealkylation sites (N-methyl/N-ethyl adjacent to an activating group) is 1. The van der Waals surface area contributed by atoms with E-state index in [0.717, 1.165) is 38.8 Å². The lowest BCUT2D eigenvalue weighted by Crippen LogP contribution is -2.62. The van der Waals surface area contributed by atoms with E-state index < -0.39 is 11.5 Å². The summed E-state index contributed by atoms with van der Waals surface area (Å²) in [4.78, 5) is 28.2. The minimum atomic E-state index is -1.07. The molecule has 0 spiro atoms. The van der Waals surface area contributed by atoms with Crippen molar-refractivity contribution >= 4 is 12.0 Å². The molecular formula is C15H27N3O3. The predicted molar refractivity (Wildman–Crippen MR) is 80.3 cm³/mol. The summed E-state index contributed by atoms with van der Waals surface area (Å²) >= 11 is 0. The maximum Gasteiger partial charge on any atom is 0.329 e. The van der Waals surface area contributed by atoms with Crippen LogP contribution in [-0.2, 0) is 4.79 Å². The predicted octanol–water partition coefficient (Wildman–Crippen LogP) is 1.51. The number of hydrogen-bond donors (Lipinski definition) is 2. The lowest BCUT2D eigenvalue weighted by molar-refractivity contribution is -0.145. The first kappa shape index (κ1) is 16.1. The normalized spacial score (nSPS) is 27.0. The fraction of sp³-hybridized carbons (Fsp3) is 0.867. The van der Waals surface area contributed by atoms with Gasteiger partial charge in [-0.2, -0.15) is 0 Å². The number of carbonyl (C=O) groups is 2. The molecule has 1 saturated heterocycles. The maximum atomic E-state index is 12.5. The molecular weight excluding hydrogens is 270 g/mol. The molecule has 0 bridgehead atoms. The summed E-state index contributed by atoms with van der Waals surface area (Å²) in [6.07, 6.45) is 4.91. The van der Waals surface area contributed by atoms with Gasteiger partial charge in [-0.15, -0.1) is 0 Å². The molecule has 0 aromatic heterocycles. The van der Waals surface area contributed by atoms with Gasteiger partial charge >= 0.3 is 12.0 Å². The largest absolute Gasteiger partial charge is 0.480 e. The molecule has 1 aliphatic heterocycles. The minimum Gasteiger partial charge on any atom is -0.480 e. The lowest BCUT2D eigenvalue weighted by atomic mass is 9.90. The van der Waals surface area contributed by atoms with Gasteiger partial charge < -0.3 is 20.2 Å². The topological polar surface area (TPSA) is 72.9 Å². The Bertz CT molecular complexity index is 392. The van der Waals surface area contributed by atoms with Crippen molar-refractivity contribution in [3.05, 3.63) is 0 Å². The van der Waals surface area contributed by atoms with E-state index in [4.69, 9.17) is 0 Å². The van der Waals surface area contributed by atoms with Gasteiger partial charge in [0.05, 0.1) is 0 Å². The zero-order valence-corrected chi connectivity index (χ0v) is 13.1. The number of aliphatic carboxylic acids is 1. The van der Waals surface area contributed by atoms with Crippen molar-refractivity contribution in [2.24, 2.45) is 0 Å². The monoisotopic (exact) mass is 297 g/mol. The highest BCUT2D eigenvalue weighted by Gasteiger charge is 2.41. The van der Waals surface area contributed by atoms with Crippen LogP contribution in [0.5, 0.6) is 0 Å². The number of rotatable bonds is 2. The summed E-state index contributed by atoms with van der Waals surface area (Å²) in [5.74, 6) is -0.889. The van der Waals surface area contributed by atoms with E-state index in [0.29, 0.717) is 19.4 Å². The molecule has 2 N–H and O–H groups in total. The van der Waals surface area contributed by atoms with Crippen molar-refractivity contribution in [1.29, 1.82) is 0 Å². The van der Waals surface area contributed by atoms with E-state index in [9.17, 15) is 14.7 Å². The van der Waals surface area contributed by atoms with Crippen molar-refractivity contribution in [1.82, 2.24) is 15.1 Å². The molecule has 1 heterocycles. The molecule has 2 amide bonds. The summed E-state index contributed by atoms with van der Waals surface area (Å²) in [7, 11) is 2.04. The third-order valence-corrected chi connectivity index (χ3v) is 4.80. The van der Waals surface area contributed by atoms with Gasteiger partial charge in [0.15, 0.2) is 0 Å². The van der Waals surface area contributed by atoms with E-state index in [1.54, 1.807) is 4.90 Å². The van der Waals surface area contributed by atoms with E-state index in [1.807, 2.05) is 14.0 Å². The smallest absolute Gasteiger partial charge is 0.329 e. The molecule has 6 nitrogen and oxygen atoms in total. The van der Waals surface area contributed by atoms with Gasteiger partial charge in [-0.05, 0) is 26.8 Å². The number of carboxylic acid groups (broad SMARTS) is 1. The Balaban J connectivity index is 2.06. The van der Waals surface area contributed by atoms with Crippen molar-refractivity contribution in [3.63, 3.8) is 0 Å². The summed E-state index contributed by atoms with van der Waals surface area (Å²) < 4.78 is 0. The van der Waals surface area contributed by atoms with Gasteiger partial charge in [-0.25, -0.2) is 9.59 Å². The number of amides is 2. The molecule has 120 valence electrons. The summed E-state index contributed by atoms with van der Waals surface area (Å²) in [6.45, 7) is 4.32. The van der Waals surface area contributed by atoms with Gasteiger partial charge in [0, 0.05) is 25.7 Å². The van der Waals surface area contributed by atoms with Crippen molar-refractivity contribution in [2.45, 2.75) is 57.0 Å². The molecule has 1 saturated carbocycles. The van der Waals surface area contributed by atoms with E-state index in [-0.39, 0.29) is 12.1 Å². The standard InChI is InChI=1S/C15H27N3O3/c1-12-11-17(2)9-10-18(12)14(21)16-15(13(19)20)7-5-3-4-6-8-15/h12H,3-11H2,1-2H3,(H,16,21)(H,19,20). The fourth-order valence-electron chi connectivity index (χ4n) is 3.44. The lowest BCUT2D eigenvalue weighted by Gasteiger charge is -2.40. The third-order valence-electron chi connectivity index (χ3n) is 4.80. The second-order valence-electron chi connectivity index (χ2n) is 6.54. The second kappa shape index (κ2) is 6.64. The summed E-state index contributed by atoms with van der Waals surface area (Å²) in [5, 5.41) is 12.5. The van der Waals surface area contributed by atoms with Crippen LogP contribution in [-0.4, -0.2) is 65.2 Å². The Morgan fingerprint density at radius 1 is 1.14 bits per heavy atom. The number of urea groups is 1. The molecule has 21 heavy (non-hydrogen) atoms. The number of piperazine rings is 1. The minimum absolute atomic E-state index is 0.111. The molecule has 6 heteroatoms. The highest BCUT2D eigenvalue weighted by atomic mass is 16.4. The average Bonchev–Trinajstić information content (AvgIpc) is 2.65. The Kier molecular flexibility index (Phi) is 5.08. The van der Waals surface area contributed by atoms with Crippen LogP contribution in [0.1, 0.15) is 45.4 Å². The van der Waals surface area contributed by atoms with Gasteiger partial charge in [0.2, 0.25) is 0 Å². The van der Waals surface area contributed by atoms with Crippen LogP contribution in [0.15, 0.2) is 0 Å². The summed E-state index contributed by atoms with van der Waals surface area (Å²) in [5.41, 5.74) is -1.07. The van der Waals surface area contributed by atoms with Crippen molar-refractivity contribution in [2.75, 3.05) is 26.7 Å². The van der Waals surface area contributed by atoms with Gasteiger partial charge in [-0.3, -0.25) is 0 Å². The number of nitrogens with zero attached hydrogens (tertiary/aromatic N) is 2. The molecule has 1 atom stereocenters.